The van der Waals surface area contributed by atoms with Crippen LogP contribution in [0, 0.1) is 0 Å². The summed E-state index contributed by atoms with van der Waals surface area (Å²) in [6, 6.07) is 20.7. The minimum atomic E-state index is -0.207. The second-order valence-corrected chi connectivity index (χ2v) is 6.33. The van der Waals surface area contributed by atoms with Crippen LogP contribution in [0.1, 0.15) is 29.9 Å². The van der Waals surface area contributed by atoms with E-state index >= 15 is 0 Å². The molecule has 0 N–H and O–H groups in total. The van der Waals surface area contributed by atoms with Crippen LogP contribution in [0.5, 0.6) is 0 Å². The normalized spacial score (nSPS) is 25.0. The van der Waals surface area contributed by atoms with Gasteiger partial charge in [0, 0.05) is 31.8 Å². The highest BCUT2D eigenvalue weighted by Crippen LogP contribution is 2.37. The molecule has 2 aromatic carbocycles. The molecule has 1 saturated heterocycles. The maximum atomic E-state index is 11.7. The number of likely N-dealkylation sites (N-methyl/N-ethyl adjacent to an activating group) is 1. The molecule has 0 aromatic heterocycles. The highest BCUT2D eigenvalue weighted by molar-refractivity contribution is 5.66. The molecule has 0 radical (unpaired) electrons. The number of piperidine rings is 1. The van der Waals surface area contributed by atoms with Gasteiger partial charge < -0.3 is 9.64 Å². The maximum absolute atomic E-state index is 11.7. The molecule has 1 unspecified atom stereocenters. The number of likely N-dealkylation sites (tertiary alicyclic amines) is 1. The molecule has 0 bridgehead atoms. The molecule has 1 fully saturated rings. The molecule has 0 amide bonds. The van der Waals surface area contributed by atoms with Crippen molar-refractivity contribution in [3.05, 3.63) is 71.8 Å². The van der Waals surface area contributed by atoms with Crippen LogP contribution in [0.25, 0.3) is 0 Å². The largest absolute Gasteiger partial charge is 0.461 e. The van der Waals surface area contributed by atoms with E-state index in [0.29, 0.717) is 0 Å². The van der Waals surface area contributed by atoms with Crippen molar-refractivity contribution in [2.45, 2.75) is 24.9 Å². The van der Waals surface area contributed by atoms with Gasteiger partial charge in [-0.25, -0.2) is 0 Å². The Bertz CT molecular complexity index is 592. The van der Waals surface area contributed by atoms with Gasteiger partial charge in [-0.15, -0.1) is 0 Å². The fourth-order valence-electron chi connectivity index (χ4n) is 3.58. The first-order valence-corrected chi connectivity index (χ1v) is 8.11. The van der Waals surface area contributed by atoms with Crippen LogP contribution >= 0.6 is 0 Å². The molecule has 1 aliphatic rings. The first-order chi connectivity index (χ1) is 11.1. The fraction of sp³-hybridized carbons (Fsp3) is 0.350. The number of carbonyl (C=O) groups excluding carboxylic acids is 1. The predicted molar refractivity (Wildman–Crippen MR) is 91.4 cm³/mol. The van der Waals surface area contributed by atoms with Crippen LogP contribution < -0.4 is 0 Å². The number of esters is 1. The van der Waals surface area contributed by atoms with Gasteiger partial charge in [0.2, 0.25) is 0 Å². The van der Waals surface area contributed by atoms with E-state index in [1.54, 1.807) is 0 Å². The van der Waals surface area contributed by atoms with Crippen molar-refractivity contribution in [3.63, 3.8) is 0 Å². The van der Waals surface area contributed by atoms with Crippen molar-refractivity contribution in [2.24, 2.45) is 0 Å². The van der Waals surface area contributed by atoms with E-state index in [2.05, 4.69) is 36.2 Å². The average molecular weight is 309 g/mol. The number of rotatable bonds is 3. The third-order valence-corrected chi connectivity index (χ3v) is 4.57. The van der Waals surface area contributed by atoms with Gasteiger partial charge in [-0.1, -0.05) is 60.7 Å². The molecular weight excluding hydrogens is 286 g/mol. The van der Waals surface area contributed by atoms with E-state index in [-0.39, 0.29) is 23.9 Å². The van der Waals surface area contributed by atoms with Crippen molar-refractivity contribution >= 4 is 5.97 Å². The molecule has 3 rings (SSSR count). The van der Waals surface area contributed by atoms with E-state index in [4.69, 9.17) is 4.74 Å². The monoisotopic (exact) mass is 309 g/mol. The summed E-state index contributed by atoms with van der Waals surface area (Å²) in [5, 5.41) is 0. The van der Waals surface area contributed by atoms with Gasteiger partial charge in [-0.05, 0) is 18.2 Å². The second-order valence-electron chi connectivity index (χ2n) is 6.33. The van der Waals surface area contributed by atoms with Crippen LogP contribution in [0.4, 0.5) is 0 Å². The Morgan fingerprint density at radius 3 is 1.74 bits per heavy atom. The molecule has 1 heterocycles. The molecule has 0 spiro atoms. The first kappa shape index (κ1) is 15.8. The minimum Gasteiger partial charge on any atom is -0.461 e. The molecule has 3 nitrogen and oxygen atoms in total. The topological polar surface area (TPSA) is 29.5 Å². The number of nitrogens with zero attached hydrogens (tertiary/aromatic N) is 1. The van der Waals surface area contributed by atoms with Crippen molar-refractivity contribution in [3.8, 4) is 0 Å². The second kappa shape index (κ2) is 6.97. The number of hydrogen-bond acceptors (Lipinski definition) is 3. The van der Waals surface area contributed by atoms with Crippen LogP contribution in [0.2, 0.25) is 0 Å². The number of ether oxygens (including phenoxy) is 1. The van der Waals surface area contributed by atoms with Gasteiger partial charge >= 0.3 is 5.97 Å². The quantitative estimate of drug-likeness (QED) is 0.814. The van der Waals surface area contributed by atoms with Crippen LogP contribution in [0.3, 0.4) is 0 Å². The summed E-state index contributed by atoms with van der Waals surface area (Å²) in [6.45, 7) is 3.29. The van der Waals surface area contributed by atoms with Crippen molar-refractivity contribution in [2.75, 3.05) is 20.1 Å². The molecule has 23 heavy (non-hydrogen) atoms. The summed E-state index contributed by atoms with van der Waals surface area (Å²) in [4.78, 5) is 14.0. The Morgan fingerprint density at radius 1 is 0.913 bits per heavy atom. The number of benzene rings is 2. The predicted octanol–water partition coefficient (Wildman–Crippen LogP) is 3.43. The standard InChI is InChI=1S/C20H23NO2/c1-15(22)23-20-18(16-9-5-3-6-10-16)13-21(2)14-19(20)17-11-7-4-8-12-17/h3-12,18-20H,13-14H2,1-2H3/t18-,19+,20?. The molecule has 0 aliphatic carbocycles. The zero-order valence-electron chi connectivity index (χ0n) is 13.7. The van der Waals surface area contributed by atoms with E-state index in [1.165, 1.54) is 18.1 Å². The number of hydrogen-bond donors (Lipinski definition) is 0. The lowest BCUT2D eigenvalue weighted by atomic mass is 9.78. The Kier molecular flexibility index (Phi) is 4.77. The lowest BCUT2D eigenvalue weighted by Crippen LogP contribution is -2.47. The Morgan fingerprint density at radius 2 is 1.35 bits per heavy atom. The van der Waals surface area contributed by atoms with Crippen molar-refractivity contribution in [1.29, 1.82) is 0 Å². The summed E-state index contributed by atoms with van der Waals surface area (Å²) in [5.74, 6) is 0.162. The van der Waals surface area contributed by atoms with Gasteiger partial charge in [-0.3, -0.25) is 4.79 Å². The highest BCUT2D eigenvalue weighted by Gasteiger charge is 2.39. The lowest BCUT2D eigenvalue weighted by molar-refractivity contribution is -0.151. The Labute approximate surface area is 137 Å². The molecule has 0 saturated carbocycles. The minimum absolute atomic E-state index is 0.131. The van der Waals surface area contributed by atoms with E-state index < -0.39 is 0 Å². The molecule has 2 aromatic rings. The summed E-state index contributed by atoms with van der Waals surface area (Å²) >= 11 is 0. The average Bonchev–Trinajstić information content (AvgIpc) is 2.57. The molecule has 3 heteroatoms. The summed E-state index contributed by atoms with van der Waals surface area (Å²) in [6.07, 6.45) is -0.131. The van der Waals surface area contributed by atoms with Crippen LogP contribution in [0.15, 0.2) is 60.7 Å². The zero-order valence-corrected chi connectivity index (χ0v) is 13.7. The third kappa shape index (κ3) is 3.62. The van der Waals surface area contributed by atoms with E-state index in [9.17, 15) is 4.79 Å². The van der Waals surface area contributed by atoms with Crippen molar-refractivity contribution in [1.82, 2.24) is 4.90 Å². The van der Waals surface area contributed by atoms with Gasteiger partial charge in [0.05, 0.1) is 0 Å². The first-order valence-electron chi connectivity index (χ1n) is 8.11. The van der Waals surface area contributed by atoms with Crippen LogP contribution in [-0.4, -0.2) is 37.1 Å². The Hall–Kier alpha value is -2.13. The Balaban J connectivity index is 1.98. The molecule has 1 aliphatic heterocycles. The van der Waals surface area contributed by atoms with Crippen molar-refractivity contribution < 1.29 is 9.53 Å². The summed E-state index contributed by atoms with van der Waals surface area (Å²) in [5.41, 5.74) is 2.46. The smallest absolute Gasteiger partial charge is 0.302 e. The maximum Gasteiger partial charge on any atom is 0.302 e. The summed E-state index contributed by atoms with van der Waals surface area (Å²) in [7, 11) is 2.13. The van der Waals surface area contributed by atoms with E-state index in [0.717, 1.165) is 13.1 Å². The van der Waals surface area contributed by atoms with Crippen LogP contribution in [-0.2, 0) is 9.53 Å². The molecule has 3 atom stereocenters. The highest BCUT2D eigenvalue weighted by atomic mass is 16.5. The molecule has 120 valence electrons. The fourth-order valence-corrected chi connectivity index (χ4v) is 3.58. The summed E-state index contributed by atoms with van der Waals surface area (Å²) < 4.78 is 5.81. The lowest BCUT2D eigenvalue weighted by Gasteiger charge is -2.42. The molecular formula is C20H23NO2. The van der Waals surface area contributed by atoms with Gasteiger partial charge in [0.1, 0.15) is 6.10 Å². The van der Waals surface area contributed by atoms with Gasteiger partial charge in [-0.2, -0.15) is 0 Å². The third-order valence-electron chi connectivity index (χ3n) is 4.57. The van der Waals surface area contributed by atoms with E-state index in [1.807, 2.05) is 36.4 Å². The van der Waals surface area contributed by atoms with Gasteiger partial charge in [0.15, 0.2) is 0 Å². The number of carbonyl (C=O) groups is 1. The SMILES string of the molecule is CC(=O)OC1[C@@H](c2ccccc2)CN(C)C[C@H]1c1ccccc1. The zero-order chi connectivity index (χ0) is 16.2. The van der Waals surface area contributed by atoms with Gasteiger partial charge in [0.25, 0.3) is 0 Å².